The van der Waals surface area contributed by atoms with Gasteiger partial charge in [-0.05, 0) is 37.3 Å². The van der Waals surface area contributed by atoms with Crippen LogP contribution in [0.25, 0.3) is 0 Å². The number of benzene rings is 1. The van der Waals surface area contributed by atoms with Gasteiger partial charge in [0.2, 0.25) is 6.29 Å². The van der Waals surface area contributed by atoms with Gasteiger partial charge in [0.25, 0.3) is 0 Å². The minimum atomic E-state index is -1.40. The highest BCUT2D eigenvalue weighted by molar-refractivity contribution is 6.81. The molecule has 0 amide bonds. The van der Waals surface area contributed by atoms with Crippen LogP contribution in [0.4, 0.5) is 4.79 Å². The van der Waals surface area contributed by atoms with Crippen molar-refractivity contribution in [2.75, 3.05) is 0 Å². The second-order valence-electron chi connectivity index (χ2n) is 6.68. The van der Waals surface area contributed by atoms with Crippen molar-refractivity contribution in [3.05, 3.63) is 29.3 Å². The van der Waals surface area contributed by atoms with Gasteiger partial charge in [0, 0.05) is 13.3 Å². The Labute approximate surface area is 157 Å². The summed E-state index contributed by atoms with van der Waals surface area (Å²) in [5.41, 5.74) is 0.704. The van der Waals surface area contributed by atoms with E-state index < -0.39 is 25.5 Å². The Kier molecular flexibility index (Phi) is 6.00. The Bertz CT molecular complexity index is 732. The summed E-state index contributed by atoms with van der Waals surface area (Å²) in [5.74, 6) is -0.589. The molecule has 1 aromatic carbocycles. The molecule has 1 aliphatic carbocycles. The molecule has 0 saturated heterocycles. The first-order valence-electron chi connectivity index (χ1n) is 9.06. The van der Waals surface area contributed by atoms with Crippen LogP contribution in [0.1, 0.15) is 54.9 Å². The monoisotopic (exact) mass is 375 g/mol. The normalized spacial score (nSPS) is 18.1. The van der Waals surface area contributed by atoms with Crippen LogP contribution in [0.3, 0.4) is 0 Å². The largest absolute Gasteiger partial charge is 0.574 e. The predicted octanol–water partition coefficient (Wildman–Crippen LogP) is 2.65. The highest BCUT2D eigenvalue weighted by Crippen LogP contribution is 2.29. The lowest BCUT2D eigenvalue weighted by atomic mass is 9.76. The van der Waals surface area contributed by atoms with Crippen molar-refractivity contribution in [2.24, 2.45) is 0 Å². The molecule has 0 aromatic heterocycles. The van der Waals surface area contributed by atoms with Crippen molar-refractivity contribution in [1.29, 1.82) is 5.41 Å². The van der Waals surface area contributed by atoms with Gasteiger partial charge in [-0.3, -0.25) is 0 Å². The minimum Gasteiger partial charge on any atom is -0.531 e. The van der Waals surface area contributed by atoms with Crippen LogP contribution in [0, 0.1) is 5.41 Å². The van der Waals surface area contributed by atoms with Crippen molar-refractivity contribution >= 4 is 24.9 Å². The molecule has 1 saturated carbocycles. The number of carbonyl (C=O) groups is 2. The van der Waals surface area contributed by atoms with Crippen LogP contribution in [-0.2, 0) is 20.6 Å². The lowest BCUT2D eigenvalue weighted by molar-refractivity contribution is -0.0915. The molecule has 144 valence electrons. The Morgan fingerprint density at radius 1 is 1.26 bits per heavy atom. The summed E-state index contributed by atoms with van der Waals surface area (Å²) < 4.78 is 20.6. The number of fused-ring (bicyclic) bond motifs is 1. The van der Waals surface area contributed by atoms with Gasteiger partial charge < -0.3 is 29.3 Å². The molecule has 3 rings (SSSR count). The topological polar surface area (TPSA) is 115 Å². The molecule has 2 aliphatic rings. The maximum Gasteiger partial charge on any atom is 0.574 e. The second kappa shape index (κ2) is 8.43. The molecule has 27 heavy (non-hydrogen) atoms. The smallest absolute Gasteiger partial charge is 0.531 e. The molecule has 9 heteroatoms. The van der Waals surface area contributed by atoms with Gasteiger partial charge >= 0.3 is 19.2 Å². The minimum absolute atomic E-state index is 0.00942. The highest BCUT2D eigenvalue weighted by Gasteiger charge is 2.33. The van der Waals surface area contributed by atoms with Crippen LogP contribution < -0.4 is 4.65 Å². The summed E-state index contributed by atoms with van der Waals surface area (Å²) in [4.78, 5) is 24.3. The Morgan fingerprint density at radius 3 is 2.74 bits per heavy atom. The van der Waals surface area contributed by atoms with Crippen molar-refractivity contribution in [3.63, 3.8) is 0 Å². The maximum absolute atomic E-state index is 12.4. The van der Waals surface area contributed by atoms with Gasteiger partial charge in [0.1, 0.15) is 17.4 Å². The lowest BCUT2D eigenvalue weighted by Crippen LogP contribution is -2.38. The highest BCUT2D eigenvalue weighted by atomic mass is 16.8. The van der Waals surface area contributed by atoms with Gasteiger partial charge in [-0.2, -0.15) is 0 Å². The van der Waals surface area contributed by atoms with E-state index in [0.717, 1.165) is 32.1 Å². The first kappa shape index (κ1) is 19.2. The van der Waals surface area contributed by atoms with E-state index in [1.807, 2.05) is 0 Å². The fraction of sp³-hybridized carbons (Fsp3) is 0.500. The number of nitrogens with one attached hydrogen (secondary N) is 1. The van der Waals surface area contributed by atoms with Crippen molar-refractivity contribution in [3.8, 4) is 5.75 Å². The number of esters is 1. The zero-order chi connectivity index (χ0) is 19.4. The van der Waals surface area contributed by atoms with Gasteiger partial charge in [-0.25, -0.2) is 9.59 Å². The lowest BCUT2D eigenvalue weighted by Gasteiger charge is -2.24. The molecule has 1 atom stereocenters. The van der Waals surface area contributed by atoms with Crippen molar-refractivity contribution < 1.29 is 33.5 Å². The summed E-state index contributed by atoms with van der Waals surface area (Å²) in [6.45, 7) is 1.42. The molecular formula is C18H22BNO7. The van der Waals surface area contributed by atoms with Crippen LogP contribution in [0.15, 0.2) is 18.2 Å². The van der Waals surface area contributed by atoms with Crippen LogP contribution in [0.2, 0.25) is 0 Å². The average Bonchev–Trinajstić information content (AvgIpc) is 2.62. The van der Waals surface area contributed by atoms with Crippen molar-refractivity contribution in [2.45, 2.75) is 57.8 Å². The molecule has 0 radical (unpaired) electrons. The van der Waals surface area contributed by atoms with Crippen molar-refractivity contribution in [1.82, 2.24) is 0 Å². The van der Waals surface area contributed by atoms with E-state index in [9.17, 15) is 14.6 Å². The fourth-order valence-corrected chi connectivity index (χ4v) is 3.22. The third-order valence-corrected chi connectivity index (χ3v) is 4.58. The van der Waals surface area contributed by atoms with E-state index >= 15 is 0 Å². The van der Waals surface area contributed by atoms with Crippen LogP contribution in [-0.4, -0.2) is 42.3 Å². The molecule has 2 N–H and O–H groups in total. The average molecular weight is 375 g/mol. The van der Waals surface area contributed by atoms with E-state index in [0.29, 0.717) is 5.56 Å². The molecule has 0 spiro atoms. The molecule has 1 fully saturated rings. The Hall–Kier alpha value is -2.55. The molecule has 1 aromatic rings. The molecule has 8 nitrogen and oxygen atoms in total. The van der Waals surface area contributed by atoms with E-state index in [-0.39, 0.29) is 29.4 Å². The quantitative estimate of drug-likeness (QED) is 0.472. The van der Waals surface area contributed by atoms with E-state index in [1.165, 1.54) is 13.0 Å². The predicted molar refractivity (Wildman–Crippen MR) is 95.8 cm³/mol. The van der Waals surface area contributed by atoms with Gasteiger partial charge in [0.15, 0.2) is 0 Å². The van der Waals surface area contributed by atoms with E-state index in [1.54, 1.807) is 12.1 Å². The maximum atomic E-state index is 12.4. The zero-order valence-corrected chi connectivity index (χ0v) is 15.1. The van der Waals surface area contributed by atoms with Gasteiger partial charge in [-0.15, -0.1) is 0 Å². The zero-order valence-electron chi connectivity index (χ0n) is 15.1. The number of carbonyl (C=O) groups excluding carboxylic acids is 2. The fourth-order valence-electron chi connectivity index (χ4n) is 3.22. The summed E-state index contributed by atoms with van der Waals surface area (Å²) in [5, 5.41) is 17.3. The number of para-hydroxylation sites is 1. The summed E-state index contributed by atoms with van der Waals surface area (Å²) in [6.07, 6.45) is 2.82. The third-order valence-electron chi connectivity index (χ3n) is 4.58. The summed E-state index contributed by atoms with van der Waals surface area (Å²) in [7, 11) is -1.40. The molecule has 0 bridgehead atoms. The standard InChI is InChI=1S/C18H22BNO7/c1-11(25-18(22)26-13-7-3-2-4-8-13)24-17(21)14-9-5-6-12-10-15(20)19(23)27-16(12)14/h5-6,9,11,13,20,23H,2-4,7-8,10H2,1H3. The van der Waals surface area contributed by atoms with E-state index in [4.69, 9.17) is 24.3 Å². The van der Waals surface area contributed by atoms with Crippen LogP contribution in [0.5, 0.6) is 5.75 Å². The molecule has 1 heterocycles. The van der Waals surface area contributed by atoms with Gasteiger partial charge in [0.05, 0.1) is 5.61 Å². The second-order valence-corrected chi connectivity index (χ2v) is 6.68. The third kappa shape index (κ3) is 4.79. The first-order valence-corrected chi connectivity index (χ1v) is 9.06. The molecule has 1 unspecified atom stereocenters. The SMILES string of the molecule is CC(OC(=O)OC1CCCCC1)OC(=O)c1cccc2c1OB(O)C(=N)C2. The molecular weight excluding hydrogens is 353 g/mol. The molecule has 1 aliphatic heterocycles. The van der Waals surface area contributed by atoms with Crippen LogP contribution >= 0.6 is 0 Å². The number of rotatable bonds is 4. The number of hydrogen-bond acceptors (Lipinski definition) is 8. The number of hydrogen-bond donors (Lipinski definition) is 2. The Balaban J connectivity index is 1.58. The first-order chi connectivity index (χ1) is 12.9. The summed E-state index contributed by atoms with van der Waals surface area (Å²) >= 11 is 0. The van der Waals surface area contributed by atoms with Gasteiger partial charge in [-0.1, -0.05) is 18.6 Å². The summed E-state index contributed by atoms with van der Waals surface area (Å²) in [6, 6.07) is 4.82. The number of ether oxygens (including phenoxy) is 3. The van der Waals surface area contributed by atoms with E-state index in [2.05, 4.69) is 0 Å². The Morgan fingerprint density at radius 2 is 2.00 bits per heavy atom.